The van der Waals surface area contributed by atoms with Crippen LogP contribution < -0.4 is 0 Å². The van der Waals surface area contributed by atoms with E-state index in [0.29, 0.717) is 0 Å². The largest absolute Gasteiger partial charge is 3.00 e. The first-order chi connectivity index (χ1) is 5.20. The summed E-state index contributed by atoms with van der Waals surface area (Å²) in [4.78, 5) is 24.8. The van der Waals surface area contributed by atoms with Crippen molar-refractivity contribution in [2.24, 2.45) is 0 Å². The van der Waals surface area contributed by atoms with E-state index >= 15 is 0 Å². The molecule has 0 aromatic heterocycles. The summed E-state index contributed by atoms with van der Waals surface area (Å²) in [5, 5.41) is 44.2. The topological polar surface area (TPSA) is 293 Å². The van der Waals surface area contributed by atoms with E-state index in [-0.39, 0.29) is 57.7 Å². The van der Waals surface area contributed by atoms with E-state index in [9.17, 15) is 0 Å². The van der Waals surface area contributed by atoms with Gasteiger partial charge in [-0.15, -0.1) is 0 Å². The molecule has 0 aromatic carbocycles. The second-order valence-electron chi connectivity index (χ2n) is 0.671. The van der Waals surface area contributed by atoms with Crippen molar-refractivity contribution in [3.05, 3.63) is 46.0 Å². The monoisotopic (exact) mass is 381 g/mol. The van der Waals surface area contributed by atoms with Gasteiger partial charge in [-0.1, -0.05) is 0 Å². The smallest absolute Gasteiger partial charge is 0.412 e. The predicted molar refractivity (Wildman–Crippen MR) is 41.9 cm³/mol. The van der Waals surface area contributed by atoms with Crippen LogP contribution in [0.5, 0.6) is 0 Å². The van der Waals surface area contributed by atoms with Crippen LogP contribution in [0.2, 0.25) is 0 Å². The van der Waals surface area contributed by atoms with Gasteiger partial charge in [-0.25, -0.2) is 0 Å². The fraction of sp³-hybridized carbons (Fsp3) is 0. The first-order valence-corrected chi connectivity index (χ1v) is 1.64. The van der Waals surface area contributed by atoms with Gasteiger partial charge in [0.2, 0.25) is 0 Å². The quantitative estimate of drug-likeness (QED) is 0.301. The molecule has 0 saturated carbocycles. The minimum atomic E-state index is -1.75. The molecule has 0 aromatic rings. The molecule has 0 rings (SSSR count). The summed E-state index contributed by atoms with van der Waals surface area (Å²) in [6, 6.07) is 0. The summed E-state index contributed by atoms with van der Waals surface area (Å²) >= 11 is 0. The van der Waals surface area contributed by atoms with E-state index in [1.807, 2.05) is 0 Å². The number of hydrogen-bond acceptors (Lipinski definition) is 9. The van der Waals surface area contributed by atoms with Crippen LogP contribution in [-0.4, -0.2) is 31.7 Å². The van der Waals surface area contributed by atoms with Gasteiger partial charge in [-0.3, -0.25) is 0 Å². The molecule has 0 aliphatic carbocycles. The first kappa shape index (κ1) is 46.2. The molecule has 0 aliphatic heterocycles. The van der Waals surface area contributed by atoms with Gasteiger partial charge in [0.05, 0.1) is 15.3 Å². The van der Waals surface area contributed by atoms with Crippen LogP contribution in [0.25, 0.3) is 0 Å². The second kappa shape index (κ2) is 37.1. The zero-order valence-corrected chi connectivity index (χ0v) is 10.8. The van der Waals surface area contributed by atoms with Crippen LogP contribution >= 0.6 is 0 Å². The molecular formula is H6N3O12Pr. The molecule has 0 heterocycles. The Labute approximate surface area is 118 Å². The van der Waals surface area contributed by atoms with Crippen molar-refractivity contribution in [2.45, 2.75) is 0 Å². The third-order valence-electron chi connectivity index (χ3n) is 0. The Kier molecular flexibility index (Phi) is 107. The van der Waals surface area contributed by atoms with Crippen molar-refractivity contribution in [3.8, 4) is 0 Å². The van der Waals surface area contributed by atoms with Gasteiger partial charge in [0, 0.05) is 0 Å². The number of hydrogen-bond donors (Lipinski definition) is 0. The summed E-state index contributed by atoms with van der Waals surface area (Å²) in [7, 11) is 0. The normalized spacial score (nSPS) is 4.50. The third kappa shape index (κ3) is 1350. The minimum Gasteiger partial charge on any atom is -0.412 e. The average Bonchev–Trinajstić information content (AvgIpc) is 1.54. The van der Waals surface area contributed by atoms with Gasteiger partial charge in [0.1, 0.15) is 0 Å². The minimum absolute atomic E-state index is 0. The standard InChI is InChI=1S/3NO3.3H2O.Pr/c3*2-1(3)4;;;;/h;;;3*1H2;/q3*-1;;;;+3. The van der Waals surface area contributed by atoms with Crippen LogP contribution in [0.4, 0.5) is 0 Å². The molecule has 0 radical (unpaired) electrons. The molecule has 0 aliphatic rings. The zero-order chi connectivity index (χ0) is 10.7. The fourth-order valence-electron chi connectivity index (χ4n) is 0. The molecule has 16 heavy (non-hydrogen) atoms. The summed E-state index contributed by atoms with van der Waals surface area (Å²) in [6.07, 6.45) is 0. The van der Waals surface area contributed by atoms with E-state index in [1.165, 1.54) is 0 Å². The van der Waals surface area contributed by atoms with E-state index < -0.39 is 15.3 Å². The van der Waals surface area contributed by atoms with Gasteiger partial charge in [0.15, 0.2) is 0 Å². The van der Waals surface area contributed by atoms with Crippen LogP contribution in [-0.2, 0) is 0 Å². The maximum Gasteiger partial charge on any atom is 3.00 e. The van der Waals surface area contributed by atoms with Crippen LogP contribution in [0, 0.1) is 87.3 Å². The van der Waals surface area contributed by atoms with Crippen LogP contribution in [0.15, 0.2) is 0 Å². The molecular weight excluding hydrogens is 375 g/mol. The summed E-state index contributed by atoms with van der Waals surface area (Å²) in [5.74, 6) is 0. The Morgan fingerprint density at radius 1 is 0.500 bits per heavy atom. The van der Waals surface area contributed by atoms with Gasteiger partial charge in [-0.2, -0.15) is 0 Å². The van der Waals surface area contributed by atoms with Crippen molar-refractivity contribution in [1.29, 1.82) is 0 Å². The van der Waals surface area contributed by atoms with Crippen LogP contribution in [0.3, 0.4) is 0 Å². The number of rotatable bonds is 0. The Bertz CT molecular complexity index is 114. The summed E-state index contributed by atoms with van der Waals surface area (Å²) in [6.45, 7) is 0. The molecule has 0 atom stereocenters. The predicted octanol–water partition coefficient (Wildman–Crippen LogP) is -3.19. The average molecular weight is 381 g/mol. The third-order valence-corrected chi connectivity index (χ3v) is 0. The van der Waals surface area contributed by atoms with Gasteiger partial charge < -0.3 is 62.4 Å². The molecule has 0 bridgehead atoms. The van der Waals surface area contributed by atoms with Crippen molar-refractivity contribution >= 4 is 0 Å². The molecule has 0 fully saturated rings. The Balaban J connectivity index is -0.0000000135. The molecule has 0 spiro atoms. The fourth-order valence-corrected chi connectivity index (χ4v) is 0. The van der Waals surface area contributed by atoms with E-state index in [4.69, 9.17) is 46.0 Å². The maximum absolute atomic E-state index is 8.25. The van der Waals surface area contributed by atoms with Crippen LogP contribution in [0.1, 0.15) is 0 Å². The molecule has 6 N–H and O–H groups in total. The van der Waals surface area contributed by atoms with E-state index in [2.05, 4.69) is 0 Å². The summed E-state index contributed by atoms with van der Waals surface area (Å²) in [5.41, 5.74) is 0. The number of nitrogens with zero attached hydrogens (tertiary/aromatic N) is 3. The molecule has 15 nitrogen and oxygen atoms in total. The first-order valence-electron chi connectivity index (χ1n) is 1.64. The molecule has 16 heteroatoms. The Morgan fingerprint density at radius 2 is 0.500 bits per heavy atom. The Hall–Kier alpha value is -1.16. The van der Waals surface area contributed by atoms with Crippen molar-refractivity contribution in [2.75, 3.05) is 0 Å². The SMILES string of the molecule is O.O.O.O=[N+]([O-])[O-].O=[N+]([O-])[O-].O=[N+]([O-])[O-].[Pr+3]. The van der Waals surface area contributed by atoms with Gasteiger partial charge in [0.25, 0.3) is 0 Å². The second-order valence-corrected chi connectivity index (χ2v) is 0.671. The maximum atomic E-state index is 8.25. The van der Waals surface area contributed by atoms with E-state index in [1.54, 1.807) is 0 Å². The Morgan fingerprint density at radius 3 is 0.500 bits per heavy atom. The van der Waals surface area contributed by atoms with Gasteiger partial charge in [-0.05, 0) is 0 Å². The van der Waals surface area contributed by atoms with Crippen molar-refractivity contribution in [3.63, 3.8) is 0 Å². The van der Waals surface area contributed by atoms with Crippen molar-refractivity contribution < 1.29 is 73.0 Å². The molecule has 0 amide bonds. The zero-order valence-electron chi connectivity index (χ0n) is 7.09. The van der Waals surface area contributed by atoms with Crippen molar-refractivity contribution in [1.82, 2.24) is 0 Å². The molecule has 96 valence electrons. The molecule has 0 saturated heterocycles. The summed E-state index contributed by atoms with van der Waals surface area (Å²) < 4.78 is 0. The van der Waals surface area contributed by atoms with Gasteiger partial charge >= 0.3 is 41.3 Å². The van der Waals surface area contributed by atoms with E-state index in [0.717, 1.165) is 0 Å². The molecule has 0 unspecified atom stereocenters.